The van der Waals surface area contributed by atoms with Crippen LogP contribution in [0.5, 0.6) is 11.5 Å². The molecule has 0 amide bonds. The molecule has 9 nitrogen and oxygen atoms in total. The van der Waals surface area contributed by atoms with Gasteiger partial charge in [-0.25, -0.2) is 4.79 Å². The Morgan fingerprint density at radius 1 is 1.05 bits per heavy atom. The lowest BCUT2D eigenvalue weighted by molar-refractivity contribution is -0.256. The van der Waals surface area contributed by atoms with Gasteiger partial charge in [0.15, 0.2) is 5.72 Å². The number of esters is 1. The summed E-state index contributed by atoms with van der Waals surface area (Å²) < 4.78 is 23.1. The first kappa shape index (κ1) is 21.3. The van der Waals surface area contributed by atoms with Crippen molar-refractivity contribution in [1.29, 1.82) is 0 Å². The molecule has 3 N–H and O–H groups in total. The molecule has 2 bridgehead atoms. The Morgan fingerprint density at radius 2 is 1.76 bits per heavy atom. The predicted octanol–water partition coefficient (Wildman–Crippen LogP) is 4.19. The van der Waals surface area contributed by atoms with Crippen molar-refractivity contribution in [3.05, 3.63) is 47.5 Å². The van der Waals surface area contributed by atoms with Gasteiger partial charge in [-0.1, -0.05) is 0 Å². The first-order valence-electron chi connectivity index (χ1n) is 12.4. The largest absolute Gasteiger partial charge is 0.508 e. The molecular weight excluding hydrogens is 474 g/mol. The van der Waals surface area contributed by atoms with Gasteiger partial charge in [0.2, 0.25) is 0 Å². The number of aromatic hydroxyl groups is 2. The van der Waals surface area contributed by atoms with Crippen LogP contribution in [0.1, 0.15) is 35.5 Å². The summed E-state index contributed by atoms with van der Waals surface area (Å²) in [5.41, 5.74) is 3.84. The third-order valence-electron chi connectivity index (χ3n) is 8.65. The number of nitrogens with zero attached hydrogens (tertiary/aromatic N) is 2. The number of phenols is 2. The summed E-state index contributed by atoms with van der Waals surface area (Å²) in [6.45, 7) is 2.18. The number of benzene rings is 3. The van der Waals surface area contributed by atoms with E-state index in [9.17, 15) is 15.0 Å². The Bertz CT molecular complexity index is 1850. The lowest BCUT2D eigenvalue weighted by atomic mass is 9.93. The second-order valence-electron chi connectivity index (χ2n) is 10.4. The summed E-state index contributed by atoms with van der Waals surface area (Å²) in [4.78, 5) is 13.3. The van der Waals surface area contributed by atoms with E-state index in [1.54, 1.807) is 31.4 Å². The van der Waals surface area contributed by atoms with Crippen LogP contribution in [0.2, 0.25) is 0 Å². The van der Waals surface area contributed by atoms with Crippen LogP contribution in [0.4, 0.5) is 0 Å². The molecule has 0 aliphatic carbocycles. The zero-order chi connectivity index (χ0) is 25.4. The molecule has 5 heterocycles. The van der Waals surface area contributed by atoms with Crippen molar-refractivity contribution in [2.24, 2.45) is 0 Å². The maximum Gasteiger partial charge on any atom is 0.339 e. The molecule has 37 heavy (non-hydrogen) atoms. The standard InChI is InChI=1S/C28H25N3O6/c1-28-26(35-3)17(29-2)10-20(37-28)30-18-6-4-12(32)8-14(18)22-23-16(11-36-27(23)34)21-15-9-13(33)5-7-19(15)31(28)25(21)24(22)30/h4-9,17,20,26,29,32-33H,10-11H2,1-3H3/t17-,20?,26-,28+/m1/s1. The Hall–Kier alpha value is -3.79. The van der Waals surface area contributed by atoms with E-state index in [0.717, 1.165) is 49.2 Å². The Kier molecular flexibility index (Phi) is 3.88. The Labute approximate surface area is 210 Å². The Morgan fingerprint density at radius 3 is 2.46 bits per heavy atom. The first-order chi connectivity index (χ1) is 17.9. The number of likely N-dealkylation sites (N-methyl/N-ethyl adjacent to an activating group) is 1. The minimum Gasteiger partial charge on any atom is -0.508 e. The van der Waals surface area contributed by atoms with Gasteiger partial charge in [0, 0.05) is 46.7 Å². The van der Waals surface area contributed by atoms with E-state index in [4.69, 9.17) is 14.2 Å². The summed E-state index contributed by atoms with van der Waals surface area (Å²) in [5, 5.41) is 27.6. The number of hydrogen-bond acceptors (Lipinski definition) is 7. The topological polar surface area (TPSA) is 107 Å². The minimum absolute atomic E-state index is 0.0332. The van der Waals surface area contributed by atoms with Crippen LogP contribution in [-0.2, 0) is 26.5 Å². The number of rotatable bonds is 2. The number of cyclic esters (lactones) is 1. The van der Waals surface area contributed by atoms with E-state index in [2.05, 4.69) is 14.5 Å². The number of carbonyl (C=O) groups excluding carboxylic acids is 1. The van der Waals surface area contributed by atoms with Crippen molar-refractivity contribution in [1.82, 2.24) is 14.5 Å². The van der Waals surface area contributed by atoms with Gasteiger partial charge in [-0.2, -0.15) is 0 Å². The average Bonchev–Trinajstić information content (AvgIpc) is 3.50. The second kappa shape index (κ2) is 6.74. The Balaban J connectivity index is 1.72. The van der Waals surface area contributed by atoms with Crippen LogP contribution in [0.25, 0.3) is 43.6 Å². The summed E-state index contributed by atoms with van der Waals surface area (Å²) in [5.74, 6) is -0.129. The smallest absolute Gasteiger partial charge is 0.339 e. The third-order valence-corrected chi connectivity index (χ3v) is 8.65. The van der Waals surface area contributed by atoms with Crippen molar-refractivity contribution in [3.8, 4) is 11.5 Å². The highest BCUT2D eigenvalue weighted by atomic mass is 16.6. The van der Waals surface area contributed by atoms with E-state index < -0.39 is 5.72 Å². The molecule has 0 radical (unpaired) electrons. The third kappa shape index (κ3) is 2.33. The first-order valence-corrected chi connectivity index (χ1v) is 12.4. The van der Waals surface area contributed by atoms with Crippen LogP contribution >= 0.6 is 0 Å². The van der Waals surface area contributed by atoms with E-state index in [1.807, 2.05) is 26.1 Å². The summed E-state index contributed by atoms with van der Waals surface area (Å²) in [6.07, 6.45) is -0.0664. The van der Waals surface area contributed by atoms with Crippen molar-refractivity contribution < 1.29 is 29.2 Å². The average molecular weight is 500 g/mol. The molecule has 0 spiro atoms. The minimum atomic E-state index is -0.921. The maximum absolute atomic E-state index is 13.3. The number of carbonyl (C=O) groups is 1. The lowest BCUT2D eigenvalue weighted by Crippen LogP contribution is -2.59. The number of ether oxygens (including phenoxy) is 3. The monoisotopic (exact) mass is 499 g/mol. The van der Waals surface area contributed by atoms with Crippen molar-refractivity contribution >= 4 is 49.6 Å². The molecule has 8 rings (SSSR count). The van der Waals surface area contributed by atoms with Gasteiger partial charge in [0.25, 0.3) is 0 Å². The van der Waals surface area contributed by atoms with Gasteiger partial charge in [0.05, 0.1) is 27.6 Å². The molecule has 1 fully saturated rings. The van der Waals surface area contributed by atoms with Crippen LogP contribution < -0.4 is 5.32 Å². The van der Waals surface area contributed by atoms with Crippen molar-refractivity contribution in [3.63, 3.8) is 0 Å². The number of hydrogen-bond donors (Lipinski definition) is 3. The highest BCUT2D eigenvalue weighted by Crippen LogP contribution is 2.54. The summed E-state index contributed by atoms with van der Waals surface area (Å²) in [6, 6.07) is 10.5. The SMILES string of the molecule is CN[C@@H]1CC2O[C@@](C)([C@@H]1OC)n1c3ccc(O)cc3c3c4c(c5c6cc(O)ccc6n2c5c31)C(=O)OC4. The number of phenolic OH excluding ortho intramolecular Hbond substituents is 2. The van der Waals surface area contributed by atoms with E-state index in [-0.39, 0.29) is 42.4 Å². The predicted molar refractivity (Wildman–Crippen MR) is 137 cm³/mol. The molecule has 188 valence electrons. The quantitative estimate of drug-likeness (QED) is 0.313. The van der Waals surface area contributed by atoms with Crippen LogP contribution in [0.3, 0.4) is 0 Å². The summed E-state index contributed by atoms with van der Waals surface area (Å²) in [7, 11) is 3.63. The lowest BCUT2D eigenvalue weighted by Gasteiger charge is -2.48. The van der Waals surface area contributed by atoms with Crippen LogP contribution in [-0.4, -0.2) is 51.6 Å². The van der Waals surface area contributed by atoms with Gasteiger partial charge in [-0.15, -0.1) is 0 Å². The van der Waals surface area contributed by atoms with E-state index in [0.29, 0.717) is 12.0 Å². The van der Waals surface area contributed by atoms with E-state index >= 15 is 0 Å². The van der Waals surface area contributed by atoms with Crippen molar-refractivity contribution in [2.45, 2.75) is 44.1 Å². The van der Waals surface area contributed by atoms with Gasteiger partial charge in [-0.05, 0) is 50.4 Å². The second-order valence-corrected chi connectivity index (χ2v) is 10.4. The maximum atomic E-state index is 13.3. The van der Waals surface area contributed by atoms with Gasteiger partial charge >= 0.3 is 5.97 Å². The number of fused-ring (bicyclic) bond motifs is 13. The molecule has 9 heteroatoms. The molecule has 2 aromatic heterocycles. The zero-order valence-electron chi connectivity index (χ0n) is 20.5. The van der Waals surface area contributed by atoms with Crippen molar-refractivity contribution in [2.75, 3.05) is 14.2 Å². The highest BCUT2D eigenvalue weighted by Gasteiger charge is 2.53. The summed E-state index contributed by atoms with van der Waals surface area (Å²) >= 11 is 0. The molecule has 0 saturated carbocycles. The van der Waals surface area contributed by atoms with Gasteiger partial charge in [0.1, 0.15) is 30.4 Å². The molecule has 3 aromatic carbocycles. The molecular formula is C28H25N3O6. The van der Waals surface area contributed by atoms with Gasteiger partial charge in [-0.3, -0.25) is 0 Å². The van der Waals surface area contributed by atoms with Crippen LogP contribution in [0.15, 0.2) is 36.4 Å². The van der Waals surface area contributed by atoms with Gasteiger partial charge < -0.3 is 38.9 Å². The molecule has 1 saturated heterocycles. The number of aromatic nitrogens is 2. The fourth-order valence-electron chi connectivity index (χ4n) is 7.31. The molecule has 1 unspecified atom stereocenters. The van der Waals surface area contributed by atoms with E-state index in [1.165, 1.54) is 0 Å². The highest BCUT2D eigenvalue weighted by molar-refractivity contribution is 6.30. The fourth-order valence-corrected chi connectivity index (χ4v) is 7.31. The fraction of sp³-hybridized carbons (Fsp3) is 0.321. The number of methoxy groups -OCH3 is 1. The number of nitrogens with one attached hydrogen (secondary N) is 1. The normalized spacial score (nSPS) is 26.5. The molecule has 3 aliphatic rings. The molecule has 5 aromatic rings. The molecule has 3 aliphatic heterocycles. The molecule has 4 atom stereocenters. The van der Waals surface area contributed by atoms with Crippen LogP contribution in [0, 0.1) is 0 Å². The zero-order valence-corrected chi connectivity index (χ0v) is 20.5.